The van der Waals surface area contributed by atoms with Gasteiger partial charge in [-0.15, -0.1) is 0 Å². The van der Waals surface area contributed by atoms with Crippen LogP contribution in [0.5, 0.6) is 0 Å². The van der Waals surface area contributed by atoms with Crippen molar-refractivity contribution in [2.45, 2.75) is 39.3 Å². The molecule has 1 amide bonds. The van der Waals surface area contributed by atoms with Crippen LogP contribution in [0, 0.1) is 0 Å². The van der Waals surface area contributed by atoms with Crippen LogP contribution in [-0.4, -0.2) is 53.3 Å². The highest BCUT2D eigenvalue weighted by Gasteiger charge is 2.22. The van der Waals surface area contributed by atoms with Crippen LogP contribution >= 0.6 is 0 Å². The Balaban J connectivity index is 1.72. The van der Waals surface area contributed by atoms with E-state index in [9.17, 15) is 4.79 Å². The minimum atomic E-state index is -0.118. The van der Waals surface area contributed by atoms with E-state index >= 15 is 0 Å². The van der Waals surface area contributed by atoms with Crippen molar-refractivity contribution < 1.29 is 9.53 Å². The summed E-state index contributed by atoms with van der Waals surface area (Å²) >= 11 is 0. The molecule has 2 aromatic heterocycles. The minimum Gasteiger partial charge on any atom is -0.380 e. The molecule has 1 N–H and O–H groups in total. The Kier molecular flexibility index (Phi) is 5.99. The number of ether oxygens (including phenoxy) is 1. The number of amides is 1. The average Bonchev–Trinajstić information content (AvgIpc) is 3.36. The van der Waals surface area contributed by atoms with E-state index in [1.165, 1.54) is 12.8 Å². The van der Waals surface area contributed by atoms with E-state index in [4.69, 9.17) is 14.7 Å². The van der Waals surface area contributed by atoms with Crippen molar-refractivity contribution in [3.63, 3.8) is 0 Å². The van der Waals surface area contributed by atoms with E-state index < -0.39 is 0 Å². The molecular formula is C23H29N5O2. The lowest BCUT2D eigenvalue weighted by Crippen LogP contribution is -2.26. The Morgan fingerprint density at radius 3 is 2.83 bits per heavy atom. The zero-order chi connectivity index (χ0) is 21.1. The number of imidazole rings is 1. The first-order valence-electron chi connectivity index (χ1n) is 10.7. The van der Waals surface area contributed by atoms with E-state index in [-0.39, 0.29) is 5.91 Å². The molecule has 0 saturated carbocycles. The van der Waals surface area contributed by atoms with Crippen molar-refractivity contribution in [2.75, 3.05) is 31.7 Å². The van der Waals surface area contributed by atoms with Crippen LogP contribution in [-0.2, 0) is 11.3 Å². The topological polar surface area (TPSA) is 72.3 Å². The summed E-state index contributed by atoms with van der Waals surface area (Å²) in [5, 5.41) is 2.67. The highest BCUT2D eigenvalue weighted by Crippen LogP contribution is 2.28. The third-order valence-corrected chi connectivity index (χ3v) is 5.75. The van der Waals surface area contributed by atoms with E-state index in [1.807, 2.05) is 31.3 Å². The number of aromatic nitrogens is 3. The van der Waals surface area contributed by atoms with Gasteiger partial charge in [-0.05, 0) is 57.0 Å². The quantitative estimate of drug-likeness (QED) is 0.607. The fourth-order valence-electron chi connectivity index (χ4n) is 4.12. The molecule has 1 aliphatic heterocycles. The first-order chi connectivity index (χ1) is 14.6. The van der Waals surface area contributed by atoms with Crippen LogP contribution in [0.2, 0.25) is 0 Å². The van der Waals surface area contributed by atoms with Gasteiger partial charge < -0.3 is 19.5 Å². The largest absolute Gasteiger partial charge is 0.380 e. The summed E-state index contributed by atoms with van der Waals surface area (Å²) in [5.41, 5.74) is 3.33. The van der Waals surface area contributed by atoms with Gasteiger partial charge in [0.2, 0.25) is 0 Å². The van der Waals surface area contributed by atoms with Crippen LogP contribution in [0.15, 0.2) is 36.5 Å². The maximum absolute atomic E-state index is 12.0. The van der Waals surface area contributed by atoms with Crippen molar-refractivity contribution in [2.24, 2.45) is 0 Å². The number of rotatable bonds is 7. The van der Waals surface area contributed by atoms with Gasteiger partial charge in [-0.3, -0.25) is 4.79 Å². The Bertz CT molecular complexity index is 1030. The average molecular weight is 408 g/mol. The van der Waals surface area contributed by atoms with E-state index in [0.717, 1.165) is 34.8 Å². The molecule has 7 heteroatoms. The molecule has 1 fully saturated rings. The predicted octanol–water partition coefficient (Wildman–Crippen LogP) is 3.48. The number of hydrogen-bond donors (Lipinski definition) is 1. The first kappa shape index (κ1) is 20.3. The van der Waals surface area contributed by atoms with Crippen molar-refractivity contribution >= 4 is 22.8 Å². The van der Waals surface area contributed by atoms with Crippen molar-refractivity contribution in [1.29, 1.82) is 0 Å². The van der Waals surface area contributed by atoms with Crippen LogP contribution in [0.4, 0.5) is 5.82 Å². The van der Waals surface area contributed by atoms with Gasteiger partial charge in [0.25, 0.3) is 5.91 Å². The molecule has 0 aliphatic carbocycles. The van der Waals surface area contributed by atoms with Gasteiger partial charge in [0, 0.05) is 50.1 Å². The second kappa shape index (κ2) is 8.83. The van der Waals surface area contributed by atoms with E-state index in [0.29, 0.717) is 31.4 Å². The van der Waals surface area contributed by atoms with Crippen molar-refractivity contribution in [3.05, 3.63) is 42.1 Å². The summed E-state index contributed by atoms with van der Waals surface area (Å²) in [4.78, 5) is 24.0. The third kappa shape index (κ3) is 3.89. The Morgan fingerprint density at radius 2 is 2.17 bits per heavy atom. The van der Waals surface area contributed by atoms with Gasteiger partial charge in [0.05, 0.1) is 17.6 Å². The molecule has 3 heterocycles. The Labute approximate surface area is 177 Å². The summed E-state index contributed by atoms with van der Waals surface area (Å²) in [7, 11) is 1.63. The lowest BCUT2D eigenvalue weighted by atomic mass is 10.2. The monoisotopic (exact) mass is 407 g/mol. The van der Waals surface area contributed by atoms with E-state index in [2.05, 4.69) is 33.8 Å². The number of nitrogens with one attached hydrogen (secondary N) is 1. The first-order valence-corrected chi connectivity index (χ1v) is 10.7. The second-order valence-corrected chi connectivity index (χ2v) is 7.66. The molecule has 1 atom stereocenters. The zero-order valence-electron chi connectivity index (χ0n) is 17.9. The summed E-state index contributed by atoms with van der Waals surface area (Å²) in [6.07, 6.45) is 4.33. The maximum Gasteiger partial charge on any atom is 0.251 e. The third-order valence-electron chi connectivity index (χ3n) is 5.75. The minimum absolute atomic E-state index is 0.118. The molecule has 0 spiro atoms. The summed E-state index contributed by atoms with van der Waals surface area (Å²) < 4.78 is 7.74. The number of pyridine rings is 1. The molecule has 1 aromatic carbocycles. The predicted molar refractivity (Wildman–Crippen MR) is 119 cm³/mol. The van der Waals surface area contributed by atoms with Crippen LogP contribution < -0.4 is 10.2 Å². The standard InChI is InChI=1S/C23H29N5O2/c1-4-30-13-12-28-20-9-7-17(23(29)24-3)14-19(20)26-22(28)18-8-10-21(25-15-18)27-11-5-6-16(27)2/h7-10,14-16H,4-6,11-13H2,1-3H3,(H,24,29). The Morgan fingerprint density at radius 1 is 1.30 bits per heavy atom. The molecule has 1 saturated heterocycles. The molecule has 4 rings (SSSR count). The summed E-state index contributed by atoms with van der Waals surface area (Å²) in [6, 6.07) is 10.3. The summed E-state index contributed by atoms with van der Waals surface area (Å²) in [5.74, 6) is 1.74. The van der Waals surface area contributed by atoms with Gasteiger partial charge in [-0.25, -0.2) is 9.97 Å². The molecule has 3 aromatic rings. The zero-order valence-corrected chi connectivity index (χ0v) is 17.9. The number of nitrogens with zero attached hydrogens (tertiary/aromatic N) is 4. The van der Waals surface area contributed by atoms with E-state index in [1.54, 1.807) is 7.05 Å². The van der Waals surface area contributed by atoms with Crippen LogP contribution in [0.25, 0.3) is 22.4 Å². The molecule has 1 unspecified atom stereocenters. The number of hydrogen-bond acceptors (Lipinski definition) is 5. The molecule has 1 aliphatic rings. The number of benzene rings is 1. The van der Waals surface area contributed by atoms with Crippen LogP contribution in [0.1, 0.15) is 37.0 Å². The van der Waals surface area contributed by atoms with Gasteiger partial charge in [0.15, 0.2) is 0 Å². The van der Waals surface area contributed by atoms with Gasteiger partial charge in [-0.1, -0.05) is 0 Å². The highest BCUT2D eigenvalue weighted by atomic mass is 16.5. The smallest absolute Gasteiger partial charge is 0.251 e. The maximum atomic E-state index is 12.0. The normalized spacial score (nSPS) is 16.4. The van der Waals surface area contributed by atoms with Crippen molar-refractivity contribution in [3.8, 4) is 11.4 Å². The molecule has 0 bridgehead atoms. The summed E-state index contributed by atoms with van der Waals surface area (Å²) in [6.45, 7) is 7.26. The molecule has 30 heavy (non-hydrogen) atoms. The number of anilines is 1. The molecule has 158 valence electrons. The number of carbonyl (C=O) groups is 1. The van der Waals surface area contributed by atoms with Gasteiger partial charge >= 0.3 is 0 Å². The van der Waals surface area contributed by atoms with Gasteiger partial charge in [-0.2, -0.15) is 0 Å². The highest BCUT2D eigenvalue weighted by molar-refractivity contribution is 5.97. The van der Waals surface area contributed by atoms with Gasteiger partial charge in [0.1, 0.15) is 11.6 Å². The second-order valence-electron chi connectivity index (χ2n) is 7.66. The van der Waals surface area contributed by atoms with Crippen LogP contribution in [0.3, 0.4) is 0 Å². The lowest BCUT2D eigenvalue weighted by Gasteiger charge is -2.22. The fraction of sp³-hybridized carbons (Fsp3) is 0.435. The molecule has 0 radical (unpaired) electrons. The molecular weight excluding hydrogens is 378 g/mol. The lowest BCUT2D eigenvalue weighted by molar-refractivity contribution is 0.0963. The number of fused-ring (bicyclic) bond motifs is 1. The molecule has 7 nitrogen and oxygen atoms in total. The number of carbonyl (C=O) groups excluding carboxylic acids is 1. The Hall–Kier alpha value is -2.93. The fourth-order valence-corrected chi connectivity index (χ4v) is 4.12. The van der Waals surface area contributed by atoms with Crippen molar-refractivity contribution in [1.82, 2.24) is 19.9 Å². The SMILES string of the molecule is CCOCCn1c(-c2ccc(N3CCCC3C)nc2)nc2cc(C(=O)NC)ccc21.